The molecule has 0 aromatic carbocycles. The zero-order chi connectivity index (χ0) is 13.2. The Kier molecular flexibility index (Phi) is 5.05. The van der Waals surface area contributed by atoms with Crippen LogP contribution in [-0.4, -0.2) is 32.6 Å². The van der Waals surface area contributed by atoms with Crippen molar-refractivity contribution < 1.29 is 0 Å². The lowest BCUT2D eigenvalue weighted by Gasteiger charge is -2.34. The zero-order valence-corrected chi connectivity index (χ0v) is 13.6. The number of alkyl halides is 1. The van der Waals surface area contributed by atoms with Gasteiger partial charge in [0.15, 0.2) is 0 Å². The van der Waals surface area contributed by atoms with Crippen molar-refractivity contribution in [3.63, 3.8) is 0 Å². The fourth-order valence-electron chi connectivity index (χ4n) is 1.53. The second-order valence-electron chi connectivity index (χ2n) is 4.99. The van der Waals surface area contributed by atoms with Crippen LogP contribution < -0.4 is 0 Å². The molecular weight excluding hydrogens is 302 g/mol. The number of halogens is 2. The van der Waals surface area contributed by atoms with Gasteiger partial charge in [0.05, 0.1) is 16.4 Å². The molecule has 0 aliphatic carbocycles. The fraction of sp³-hybridized carbons (Fsp3) is 0.750. The van der Waals surface area contributed by atoms with E-state index in [1.54, 1.807) is 0 Å². The Labute approximate surface area is 117 Å². The van der Waals surface area contributed by atoms with E-state index in [0.29, 0.717) is 0 Å². The molecule has 0 N–H and O–H groups in total. The van der Waals surface area contributed by atoms with E-state index in [4.69, 9.17) is 11.6 Å². The minimum atomic E-state index is 0.0972. The first-order valence-corrected chi connectivity index (χ1v) is 7.30. The third-order valence-electron chi connectivity index (χ3n) is 3.25. The number of nitrogens with zero attached hydrogens (tertiary/aromatic N) is 3. The van der Waals surface area contributed by atoms with Gasteiger partial charge in [-0.25, -0.2) is 0 Å². The van der Waals surface area contributed by atoms with Gasteiger partial charge in [-0.15, -0.1) is 0 Å². The molecular formula is C12H21BrClN3. The van der Waals surface area contributed by atoms with Crippen molar-refractivity contribution in [3.8, 4) is 0 Å². The summed E-state index contributed by atoms with van der Waals surface area (Å²) in [6.45, 7) is 7.28. The summed E-state index contributed by atoms with van der Waals surface area (Å²) >= 11 is 9.89. The summed E-state index contributed by atoms with van der Waals surface area (Å²) in [6.07, 6.45) is 0.873. The van der Waals surface area contributed by atoms with E-state index in [1.165, 1.54) is 0 Å². The summed E-state index contributed by atoms with van der Waals surface area (Å²) in [5.41, 5.74) is 2.16. The molecule has 17 heavy (non-hydrogen) atoms. The molecule has 0 bridgehead atoms. The summed E-state index contributed by atoms with van der Waals surface area (Å²) in [7, 11) is 4.06. The molecule has 1 heterocycles. The minimum absolute atomic E-state index is 0.0972. The average Bonchev–Trinajstić information content (AvgIpc) is 2.56. The molecule has 0 aliphatic heterocycles. The largest absolute Gasteiger partial charge is 0.295 e. The Morgan fingerprint density at radius 2 is 2.06 bits per heavy atom. The van der Waals surface area contributed by atoms with Gasteiger partial charge >= 0.3 is 0 Å². The van der Waals surface area contributed by atoms with Crippen molar-refractivity contribution in [1.82, 2.24) is 14.7 Å². The number of hydrogen-bond acceptors (Lipinski definition) is 2. The topological polar surface area (TPSA) is 21.1 Å². The number of aryl methyl sites for hydroxylation is 2. The monoisotopic (exact) mass is 321 g/mol. The van der Waals surface area contributed by atoms with Crippen molar-refractivity contribution in [2.24, 2.45) is 7.05 Å². The Morgan fingerprint density at radius 1 is 1.47 bits per heavy atom. The van der Waals surface area contributed by atoms with Crippen LogP contribution in [0.4, 0.5) is 0 Å². The van der Waals surface area contributed by atoms with Gasteiger partial charge in [0, 0.05) is 24.5 Å². The molecule has 0 spiro atoms. The van der Waals surface area contributed by atoms with E-state index < -0.39 is 0 Å². The van der Waals surface area contributed by atoms with Crippen LogP contribution in [0.15, 0.2) is 0 Å². The molecule has 0 atom stereocenters. The molecule has 1 rings (SSSR count). The average molecular weight is 323 g/mol. The normalized spacial score (nSPS) is 12.5. The molecule has 3 nitrogen and oxygen atoms in total. The number of aromatic nitrogens is 2. The first kappa shape index (κ1) is 15.0. The number of rotatable bonds is 5. The quantitative estimate of drug-likeness (QED) is 0.776. The highest BCUT2D eigenvalue weighted by molar-refractivity contribution is 9.09. The SMILES string of the molecule is CCc1nn(C)c(CN(C)C(C)(C)CBr)c1Cl. The third-order valence-corrected chi connectivity index (χ3v) is 5.06. The molecule has 0 amide bonds. The van der Waals surface area contributed by atoms with Crippen molar-refractivity contribution in [3.05, 3.63) is 16.4 Å². The second-order valence-corrected chi connectivity index (χ2v) is 5.93. The fourth-order valence-corrected chi connectivity index (χ4v) is 2.31. The van der Waals surface area contributed by atoms with Crippen LogP contribution in [0, 0.1) is 0 Å². The first-order chi connectivity index (χ1) is 7.83. The van der Waals surface area contributed by atoms with Crippen LogP contribution in [0.25, 0.3) is 0 Å². The summed E-state index contributed by atoms with van der Waals surface area (Å²) in [6, 6.07) is 0. The smallest absolute Gasteiger partial charge is 0.0863 e. The molecule has 98 valence electrons. The highest BCUT2D eigenvalue weighted by atomic mass is 79.9. The van der Waals surface area contributed by atoms with Gasteiger partial charge in [-0.1, -0.05) is 34.5 Å². The molecule has 0 aliphatic rings. The van der Waals surface area contributed by atoms with Crippen LogP contribution in [0.3, 0.4) is 0 Å². The van der Waals surface area contributed by atoms with Crippen LogP contribution in [0.5, 0.6) is 0 Å². The van der Waals surface area contributed by atoms with Crippen LogP contribution in [0.1, 0.15) is 32.2 Å². The van der Waals surface area contributed by atoms with Gasteiger partial charge in [-0.3, -0.25) is 9.58 Å². The lowest BCUT2D eigenvalue weighted by atomic mass is 10.1. The van der Waals surface area contributed by atoms with Gasteiger partial charge in [-0.2, -0.15) is 5.10 Å². The van der Waals surface area contributed by atoms with Crippen molar-refractivity contribution in [2.45, 2.75) is 39.3 Å². The lowest BCUT2D eigenvalue weighted by Crippen LogP contribution is -2.42. The van der Waals surface area contributed by atoms with Crippen molar-refractivity contribution in [2.75, 3.05) is 12.4 Å². The molecule has 0 fully saturated rings. The van der Waals surface area contributed by atoms with Crippen LogP contribution >= 0.6 is 27.5 Å². The van der Waals surface area contributed by atoms with Gasteiger partial charge in [-0.05, 0) is 27.3 Å². The van der Waals surface area contributed by atoms with Crippen LogP contribution in [0.2, 0.25) is 5.02 Å². The standard InChI is InChI=1S/C12H21BrClN3/c1-6-9-11(14)10(17(5)15-9)7-16(4)12(2,3)8-13/h6-8H2,1-5H3. The summed E-state index contributed by atoms with van der Waals surface area (Å²) in [5.74, 6) is 0. The van der Waals surface area contributed by atoms with Crippen molar-refractivity contribution in [1.29, 1.82) is 0 Å². The highest BCUT2D eigenvalue weighted by Crippen LogP contribution is 2.25. The van der Waals surface area contributed by atoms with E-state index >= 15 is 0 Å². The Balaban J connectivity index is 2.92. The molecule has 0 radical (unpaired) electrons. The predicted molar refractivity (Wildman–Crippen MR) is 76.9 cm³/mol. The van der Waals surface area contributed by atoms with E-state index in [0.717, 1.165) is 34.7 Å². The van der Waals surface area contributed by atoms with Gasteiger partial charge < -0.3 is 0 Å². The molecule has 1 aromatic rings. The molecule has 0 unspecified atom stereocenters. The van der Waals surface area contributed by atoms with E-state index in [-0.39, 0.29) is 5.54 Å². The van der Waals surface area contributed by atoms with Crippen molar-refractivity contribution >= 4 is 27.5 Å². The maximum Gasteiger partial charge on any atom is 0.0863 e. The Bertz CT molecular complexity index is 387. The summed E-state index contributed by atoms with van der Waals surface area (Å²) in [5, 5.41) is 6.17. The third kappa shape index (κ3) is 3.24. The van der Waals surface area contributed by atoms with Crippen LogP contribution in [-0.2, 0) is 20.0 Å². The molecule has 0 saturated heterocycles. The van der Waals surface area contributed by atoms with Gasteiger partial charge in [0.25, 0.3) is 0 Å². The van der Waals surface area contributed by atoms with E-state index in [1.807, 2.05) is 11.7 Å². The highest BCUT2D eigenvalue weighted by Gasteiger charge is 2.24. The summed E-state index contributed by atoms with van der Waals surface area (Å²) < 4.78 is 1.89. The van der Waals surface area contributed by atoms with Gasteiger partial charge in [0.2, 0.25) is 0 Å². The molecule has 5 heteroatoms. The zero-order valence-electron chi connectivity index (χ0n) is 11.2. The maximum absolute atomic E-state index is 6.35. The van der Waals surface area contributed by atoms with Gasteiger partial charge in [0.1, 0.15) is 0 Å². The maximum atomic E-state index is 6.35. The first-order valence-electron chi connectivity index (χ1n) is 5.81. The molecule has 0 saturated carbocycles. The summed E-state index contributed by atoms with van der Waals surface area (Å²) in [4.78, 5) is 2.28. The number of hydrogen-bond donors (Lipinski definition) is 0. The Hall–Kier alpha value is -0.0600. The second kappa shape index (κ2) is 5.72. The van der Waals surface area contributed by atoms with E-state index in [2.05, 4.69) is 53.7 Å². The lowest BCUT2D eigenvalue weighted by molar-refractivity contribution is 0.169. The Morgan fingerprint density at radius 3 is 2.47 bits per heavy atom. The minimum Gasteiger partial charge on any atom is -0.295 e. The predicted octanol–water partition coefficient (Wildman–Crippen LogP) is 3.24. The molecule has 1 aromatic heterocycles. The van der Waals surface area contributed by atoms with E-state index in [9.17, 15) is 0 Å².